The molecule has 2 saturated heterocycles. The van der Waals surface area contributed by atoms with E-state index in [-0.39, 0.29) is 37.4 Å². The first kappa shape index (κ1) is 37.9. The predicted molar refractivity (Wildman–Crippen MR) is 167 cm³/mol. The summed E-state index contributed by atoms with van der Waals surface area (Å²) in [6.45, 7) is 13.1. The van der Waals surface area contributed by atoms with Crippen LogP contribution in [0.25, 0.3) is 0 Å². The number of carbonyl (C=O) groups is 4. The van der Waals surface area contributed by atoms with Gasteiger partial charge < -0.3 is 37.9 Å². The van der Waals surface area contributed by atoms with Gasteiger partial charge in [-0.25, -0.2) is 9.59 Å². The van der Waals surface area contributed by atoms with Crippen LogP contribution in [0.15, 0.2) is 30.3 Å². The third-order valence-electron chi connectivity index (χ3n) is 9.07. The van der Waals surface area contributed by atoms with E-state index in [1.54, 1.807) is 37.3 Å². The van der Waals surface area contributed by atoms with Crippen molar-refractivity contribution in [3.8, 4) is 0 Å². The van der Waals surface area contributed by atoms with Crippen LogP contribution in [-0.2, 0) is 52.3 Å². The largest absolute Gasteiger partial charge is 0.465 e. The van der Waals surface area contributed by atoms with Gasteiger partial charge in [-0.05, 0) is 24.0 Å². The topological polar surface area (TPSA) is 166 Å². The second-order valence-electron chi connectivity index (χ2n) is 12.7. The van der Waals surface area contributed by atoms with Crippen molar-refractivity contribution >= 4 is 29.8 Å². The van der Waals surface area contributed by atoms with Crippen LogP contribution in [0.4, 0.5) is 0 Å². The van der Waals surface area contributed by atoms with Gasteiger partial charge in [-0.2, -0.15) is 0 Å². The van der Waals surface area contributed by atoms with E-state index in [9.17, 15) is 19.2 Å². The van der Waals surface area contributed by atoms with Crippen molar-refractivity contribution in [3.63, 3.8) is 0 Å². The highest BCUT2D eigenvalue weighted by Gasteiger charge is 2.57. The Labute approximate surface area is 276 Å². The van der Waals surface area contributed by atoms with Gasteiger partial charge in [0.15, 0.2) is 5.90 Å². The molecule has 3 rings (SSSR count). The number of carbonyl (C=O) groups excluding carboxylic acids is 4. The molecule has 4 unspecified atom stereocenters. The number of hydrogen-bond donors (Lipinski definition) is 1. The summed E-state index contributed by atoms with van der Waals surface area (Å²) in [6, 6.07) is 8.54. The first-order valence-corrected chi connectivity index (χ1v) is 15.9. The minimum absolute atomic E-state index is 0.0904. The van der Waals surface area contributed by atoms with E-state index in [1.165, 1.54) is 27.9 Å². The lowest BCUT2D eigenvalue weighted by Gasteiger charge is -2.51. The number of rotatable bonds is 12. The fourth-order valence-corrected chi connectivity index (χ4v) is 6.24. The van der Waals surface area contributed by atoms with Crippen molar-refractivity contribution in [2.75, 3.05) is 20.3 Å². The zero-order chi connectivity index (χ0) is 35.1. The second kappa shape index (κ2) is 16.5. The van der Waals surface area contributed by atoms with E-state index in [0.29, 0.717) is 5.56 Å². The number of esters is 4. The Balaban J connectivity index is 1.94. The number of benzene rings is 1. The summed E-state index contributed by atoms with van der Waals surface area (Å²) >= 11 is 0. The molecule has 0 aromatic heterocycles. The standard InChI is InChI=1S/C34H49NO12/c1-18-15-34(33(39)40-9,46-29(19(18)2)20(3)27(44-25(8)37)16-41-24(7)36)47-30-21(4)28(45-32(22(30)5)43-23(6)35)17-42-31(38)26-13-11-10-12-14-26/h10-14,18-22,27-30,32,35H,15-17H2,1-9H3/t18?,19-,20-,21?,22?,27-,28?,29-,30+,32+,34+/m1/s1. The average Bonchev–Trinajstić information content (AvgIpc) is 3.02. The Morgan fingerprint density at radius 1 is 0.957 bits per heavy atom. The normalized spacial score (nSPS) is 31.9. The summed E-state index contributed by atoms with van der Waals surface area (Å²) in [5.74, 6) is -6.11. The minimum atomic E-state index is -1.89. The van der Waals surface area contributed by atoms with Crippen LogP contribution in [0, 0.1) is 35.0 Å². The number of methoxy groups -OCH3 is 1. The molecule has 0 spiro atoms. The zero-order valence-corrected chi connectivity index (χ0v) is 28.7. The molecule has 2 aliphatic rings. The van der Waals surface area contributed by atoms with Crippen molar-refractivity contribution in [2.24, 2.45) is 29.6 Å². The van der Waals surface area contributed by atoms with Crippen LogP contribution in [0.5, 0.6) is 0 Å². The first-order valence-electron chi connectivity index (χ1n) is 15.9. The maximum absolute atomic E-state index is 13.7. The number of ether oxygens (including phenoxy) is 8. The van der Waals surface area contributed by atoms with Crippen molar-refractivity contribution < 1.29 is 57.1 Å². The molecular formula is C34H49NO12. The summed E-state index contributed by atoms with van der Waals surface area (Å²) < 4.78 is 46.8. The molecule has 0 bridgehead atoms. The van der Waals surface area contributed by atoms with Gasteiger partial charge >= 0.3 is 23.9 Å². The Hall–Kier alpha value is -3.55. The lowest BCUT2D eigenvalue weighted by molar-refractivity contribution is -0.349. The molecule has 2 fully saturated rings. The SMILES string of the molecule is COC(=O)[C@@]1(O[C@H]2C(C)C(COC(=O)c3ccccc3)O[C@H](OC(C)=N)C2C)CC(C)[C@@H](C)[C@H]([C@H](C)[C@@H](COC(C)=O)OC(C)=O)O1. The Bertz CT molecular complexity index is 1260. The summed E-state index contributed by atoms with van der Waals surface area (Å²) in [6.07, 6.45) is -3.85. The lowest BCUT2D eigenvalue weighted by Crippen LogP contribution is -2.62. The molecule has 1 aromatic carbocycles. The van der Waals surface area contributed by atoms with Gasteiger partial charge in [0.05, 0.1) is 24.9 Å². The molecule has 1 N–H and O–H groups in total. The fraction of sp³-hybridized carbons (Fsp3) is 0.676. The quantitative estimate of drug-likeness (QED) is 0.146. The molecule has 13 nitrogen and oxygen atoms in total. The highest BCUT2D eigenvalue weighted by Crippen LogP contribution is 2.45. The third-order valence-corrected chi connectivity index (χ3v) is 9.07. The molecule has 1 aromatic rings. The summed E-state index contributed by atoms with van der Waals surface area (Å²) in [7, 11) is 1.24. The molecule has 0 aliphatic carbocycles. The monoisotopic (exact) mass is 663 g/mol. The van der Waals surface area contributed by atoms with Crippen LogP contribution < -0.4 is 0 Å². The maximum atomic E-state index is 13.7. The van der Waals surface area contributed by atoms with Gasteiger partial charge in [0.1, 0.15) is 25.4 Å². The molecule has 0 amide bonds. The fourth-order valence-electron chi connectivity index (χ4n) is 6.24. The molecule has 47 heavy (non-hydrogen) atoms. The van der Waals surface area contributed by atoms with E-state index in [2.05, 4.69) is 0 Å². The molecule has 2 aliphatic heterocycles. The van der Waals surface area contributed by atoms with Crippen molar-refractivity contribution in [2.45, 2.75) is 98.3 Å². The summed E-state index contributed by atoms with van der Waals surface area (Å²) in [5.41, 5.74) is 0.379. The van der Waals surface area contributed by atoms with Crippen LogP contribution in [-0.4, -0.2) is 86.6 Å². The average molecular weight is 664 g/mol. The molecule has 13 heteroatoms. The lowest BCUT2D eigenvalue weighted by atomic mass is 9.76. The molecule has 0 saturated carbocycles. The Kier molecular flexibility index (Phi) is 13.3. The van der Waals surface area contributed by atoms with E-state index in [1.807, 2.05) is 27.7 Å². The molecule has 2 heterocycles. The molecule has 11 atom stereocenters. The number of nitrogens with one attached hydrogen (secondary N) is 1. The second-order valence-corrected chi connectivity index (χ2v) is 12.7. The highest BCUT2D eigenvalue weighted by molar-refractivity contribution is 5.89. The summed E-state index contributed by atoms with van der Waals surface area (Å²) in [4.78, 5) is 50.0. The zero-order valence-electron chi connectivity index (χ0n) is 28.7. The van der Waals surface area contributed by atoms with Crippen LogP contribution >= 0.6 is 0 Å². The Morgan fingerprint density at radius 3 is 2.19 bits per heavy atom. The van der Waals surface area contributed by atoms with Crippen molar-refractivity contribution in [3.05, 3.63) is 35.9 Å². The van der Waals surface area contributed by atoms with E-state index in [4.69, 9.17) is 43.3 Å². The van der Waals surface area contributed by atoms with Gasteiger partial charge in [-0.3, -0.25) is 15.0 Å². The molecule has 262 valence electrons. The van der Waals surface area contributed by atoms with E-state index >= 15 is 0 Å². The smallest absolute Gasteiger partial charge is 0.366 e. The van der Waals surface area contributed by atoms with E-state index in [0.717, 1.165) is 0 Å². The van der Waals surface area contributed by atoms with Crippen molar-refractivity contribution in [1.82, 2.24) is 0 Å². The minimum Gasteiger partial charge on any atom is -0.465 e. The van der Waals surface area contributed by atoms with Crippen molar-refractivity contribution in [1.29, 1.82) is 5.41 Å². The van der Waals surface area contributed by atoms with Gasteiger partial charge in [-0.15, -0.1) is 0 Å². The van der Waals surface area contributed by atoms with Gasteiger partial charge in [0, 0.05) is 44.9 Å². The van der Waals surface area contributed by atoms with E-state index < -0.39 is 78.1 Å². The number of hydrogen-bond acceptors (Lipinski definition) is 13. The predicted octanol–water partition coefficient (Wildman–Crippen LogP) is 4.30. The van der Waals surface area contributed by atoms with Gasteiger partial charge in [0.2, 0.25) is 6.29 Å². The molecule has 0 radical (unpaired) electrons. The van der Waals surface area contributed by atoms with Crippen LogP contribution in [0.1, 0.15) is 72.2 Å². The van der Waals surface area contributed by atoms with Crippen LogP contribution in [0.2, 0.25) is 0 Å². The first-order chi connectivity index (χ1) is 22.1. The highest BCUT2D eigenvalue weighted by atomic mass is 16.7. The van der Waals surface area contributed by atoms with Crippen LogP contribution in [0.3, 0.4) is 0 Å². The van der Waals surface area contributed by atoms with Gasteiger partial charge in [0.25, 0.3) is 5.79 Å². The third kappa shape index (κ3) is 9.51. The maximum Gasteiger partial charge on any atom is 0.366 e. The Morgan fingerprint density at radius 2 is 1.62 bits per heavy atom. The van der Waals surface area contributed by atoms with Gasteiger partial charge in [-0.1, -0.05) is 52.8 Å². The molecular weight excluding hydrogens is 614 g/mol. The summed E-state index contributed by atoms with van der Waals surface area (Å²) in [5, 5.41) is 7.95.